The fraction of sp³-hybridized carbons (Fsp3) is 0.600. The Morgan fingerprint density at radius 2 is 2.00 bits per heavy atom. The van der Waals surface area contributed by atoms with Crippen LogP contribution in [0.3, 0.4) is 0 Å². The molecule has 0 radical (unpaired) electrons. The summed E-state index contributed by atoms with van der Waals surface area (Å²) >= 11 is 0. The molecule has 1 aromatic rings. The summed E-state index contributed by atoms with van der Waals surface area (Å²) in [6.45, 7) is 3.84. The van der Waals surface area contributed by atoms with Gasteiger partial charge in [-0.1, -0.05) is 6.92 Å². The molecule has 1 heterocycles. The Morgan fingerprint density at radius 3 is 2.47 bits per heavy atom. The van der Waals surface area contributed by atoms with Crippen LogP contribution in [0.4, 0.5) is 24.8 Å². The zero-order chi connectivity index (χ0) is 13.2. The van der Waals surface area contributed by atoms with E-state index in [0.29, 0.717) is 0 Å². The maximum atomic E-state index is 12.5. The minimum Gasteiger partial charge on any atom is -0.384 e. The van der Waals surface area contributed by atoms with Gasteiger partial charge in [0, 0.05) is 19.2 Å². The number of nitrogens with two attached hydrogens (primary N) is 1. The first-order chi connectivity index (χ1) is 7.75. The van der Waals surface area contributed by atoms with Crippen LogP contribution in [0.2, 0.25) is 0 Å². The Balaban J connectivity index is 3.14. The van der Waals surface area contributed by atoms with E-state index in [2.05, 4.69) is 9.97 Å². The molecular formula is C10H15F3N4. The molecule has 7 heteroatoms. The molecule has 96 valence electrons. The van der Waals surface area contributed by atoms with Gasteiger partial charge in [0.05, 0.1) is 0 Å². The lowest BCUT2D eigenvalue weighted by Crippen LogP contribution is -2.30. The Kier molecular flexibility index (Phi) is 3.79. The van der Waals surface area contributed by atoms with Crippen LogP contribution >= 0.6 is 0 Å². The first-order valence-electron chi connectivity index (χ1n) is 5.20. The first-order valence-corrected chi connectivity index (χ1v) is 5.20. The van der Waals surface area contributed by atoms with Crippen molar-refractivity contribution in [3.8, 4) is 0 Å². The third-order valence-electron chi connectivity index (χ3n) is 2.60. The Bertz CT molecular complexity index is 392. The number of nitrogen functional groups attached to an aromatic ring is 1. The SMILES string of the molecule is CCC(C)N(C)c1cc(N)nc(C(F)(F)F)n1. The second-order valence-corrected chi connectivity index (χ2v) is 3.84. The molecule has 2 N–H and O–H groups in total. The van der Waals surface area contributed by atoms with E-state index >= 15 is 0 Å². The lowest BCUT2D eigenvalue weighted by molar-refractivity contribution is -0.144. The van der Waals surface area contributed by atoms with Crippen molar-refractivity contribution < 1.29 is 13.2 Å². The molecule has 1 unspecified atom stereocenters. The molecule has 0 saturated carbocycles. The van der Waals surface area contributed by atoms with Gasteiger partial charge in [-0.05, 0) is 13.3 Å². The smallest absolute Gasteiger partial charge is 0.384 e. The van der Waals surface area contributed by atoms with Gasteiger partial charge in [0.2, 0.25) is 5.82 Å². The standard InChI is InChI=1S/C10H15F3N4/c1-4-6(2)17(3)8-5-7(14)15-9(16-8)10(11,12)13/h5-6H,4H2,1-3H3,(H2,14,15,16). The molecule has 0 aliphatic carbocycles. The normalized spacial score (nSPS) is 13.5. The molecule has 0 bridgehead atoms. The summed E-state index contributed by atoms with van der Waals surface area (Å²) in [6.07, 6.45) is -3.79. The predicted octanol–water partition coefficient (Wildman–Crippen LogP) is 2.31. The summed E-state index contributed by atoms with van der Waals surface area (Å²) in [7, 11) is 1.68. The van der Waals surface area contributed by atoms with Gasteiger partial charge in [-0.2, -0.15) is 13.2 Å². The highest BCUT2D eigenvalue weighted by atomic mass is 19.4. The maximum absolute atomic E-state index is 12.5. The molecule has 0 amide bonds. The number of nitrogens with zero attached hydrogens (tertiary/aromatic N) is 3. The van der Waals surface area contributed by atoms with E-state index < -0.39 is 12.0 Å². The van der Waals surface area contributed by atoms with Gasteiger partial charge in [-0.15, -0.1) is 0 Å². The van der Waals surface area contributed by atoms with Crippen molar-refractivity contribution >= 4 is 11.6 Å². The summed E-state index contributed by atoms with van der Waals surface area (Å²) in [6, 6.07) is 1.41. The summed E-state index contributed by atoms with van der Waals surface area (Å²) in [4.78, 5) is 8.32. The highest BCUT2D eigenvalue weighted by Gasteiger charge is 2.35. The summed E-state index contributed by atoms with van der Waals surface area (Å²) in [5, 5.41) is 0. The summed E-state index contributed by atoms with van der Waals surface area (Å²) in [5.41, 5.74) is 5.36. The predicted molar refractivity (Wildman–Crippen MR) is 59.6 cm³/mol. The average molecular weight is 248 g/mol. The van der Waals surface area contributed by atoms with Crippen molar-refractivity contribution in [2.24, 2.45) is 0 Å². The zero-order valence-electron chi connectivity index (χ0n) is 9.91. The van der Waals surface area contributed by atoms with Crippen molar-refractivity contribution in [1.82, 2.24) is 9.97 Å². The zero-order valence-corrected chi connectivity index (χ0v) is 9.91. The number of halogens is 3. The average Bonchev–Trinajstić information content (AvgIpc) is 2.25. The molecule has 0 aliphatic heterocycles. The van der Waals surface area contributed by atoms with E-state index in [9.17, 15) is 13.2 Å². The van der Waals surface area contributed by atoms with E-state index in [1.165, 1.54) is 6.07 Å². The van der Waals surface area contributed by atoms with Crippen LogP contribution in [0.1, 0.15) is 26.1 Å². The van der Waals surface area contributed by atoms with Crippen molar-refractivity contribution in [1.29, 1.82) is 0 Å². The third-order valence-corrected chi connectivity index (χ3v) is 2.60. The van der Waals surface area contributed by atoms with Gasteiger partial charge in [-0.25, -0.2) is 9.97 Å². The molecule has 0 aromatic carbocycles. The minimum absolute atomic E-state index is 0.0744. The van der Waals surface area contributed by atoms with Gasteiger partial charge in [0.1, 0.15) is 11.6 Å². The van der Waals surface area contributed by atoms with E-state index in [4.69, 9.17) is 5.73 Å². The fourth-order valence-electron chi connectivity index (χ4n) is 1.26. The lowest BCUT2D eigenvalue weighted by atomic mass is 10.2. The number of anilines is 2. The second kappa shape index (κ2) is 4.77. The Hall–Kier alpha value is -1.53. The maximum Gasteiger partial charge on any atom is 0.451 e. The largest absolute Gasteiger partial charge is 0.451 e. The molecule has 0 fully saturated rings. The highest BCUT2D eigenvalue weighted by molar-refractivity contribution is 5.47. The summed E-state index contributed by atoms with van der Waals surface area (Å²) < 4.78 is 37.5. The number of hydrogen-bond acceptors (Lipinski definition) is 4. The molecular weight excluding hydrogens is 233 g/mol. The van der Waals surface area contributed by atoms with E-state index in [1.54, 1.807) is 11.9 Å². The van der Waals surface area contributed by atoms with Gasteiger partial charge in [0.15, 0.2) is 0 Å². The highest BCUT2D eigenvalue weighted by Crippen LogP contribution is 2.28. The van der Waals surface area contributed by atoms with Crippen LogP contribution in [0.5, 0.6) is 0 Å². The van der Waals surface area contributed by atoms with Gasteiger partial charge >= 0.3 is 6.18 Å². The van der Waals surface area contributed by atoms with Crippen LogP contribution in [0.25, 0.3) is 0 Å². The summed E-state index contributed by atoms with van der Waals surface area (Å²) in [5.74, 6) is -1.21. The molecule has 1 rings (SSSR count). The topological polar surface area (TPSA) is 55.0 Å². The van der Waals surface area contributed by atoms with Gasteiger partial charge < -0.3 is 10.6 Å². The molecule has 4 nitrogen and oxygen atoms in total. The van der Waals surface area contributed by atoms with E-state index in [-0.39, 0.29) is 17.7 Å². The quantitative estimate of drug-likeness (QED) is 0.891. The number of aromatic nitrogens is 2. The van der Waals surface area contributed by atoms with Crippen LogP contribution in [-0.2, 0) is 6.18 Å². The number of alkyl halides is 3. The second-order valence-electron chi connectivity index (χ2n) is 3.84. The third kappa shape index (κ3) is 3.21. The molecule has 17 heavy (non-hydrogen) atoms. The molecule has 0 aliphatic rings. The van der Waals surface area contributed by atoms with Crippen LogP contribution in [-0.4, -0.2) is 23.1 Å². The Labute approximate surface area is 97.7 Å². The van der Waals surface area contributed by atoms with Gasteiger partial charge in [-0.3, -0.25) is 0 Å². The molecule has 0 spiro atoms. The van der Waals surface area contributed by atoms with Crippen LogP contribution in [0.15, 0.2) is 6.07 Å². The van der Waals surface area contributed by atoms with Crippen molar-refractivity contribution in [3.63, 3.8) is 0 Å². The monoisotopic (exact) mass is 248 g/mol. The van der Waals surface area contributed by atoms with Crippen molar-refractivity contribution in [2.75, 3.05) is 17.7 Å². The number of rotatable bonds is 3. The molecule has 1 atom stereocenters. The minimum atomic E-state index is -4.58. The van der Waals surface area contributed by atoms with E-state index in [0.717, 1.165) is 6.42 Å². The van der Waals surface area contributed by atoms with Gasteiger partial charge in [0.25, 0.3) is 0 Å². The van der Waals surface area contributed by atoms with Crippen LogP contribution < -0.4 is 10.6 Å². The van der Waals surface area contributed by atoms with E-state index in [1.807, 2.05) is 13.8 Å². The van der Waals surface area contributed by atoms with Crippen molar-refractivity contribution in [2.45, 2.75) is 32.5 Å². The van der Waals surface area contributed by atoms with Crippen molar-refractivity contribution in [3.05, 3.63) is 11.9 Å². The lowest BCUT2D eigenvalue weighted by Gasteiger charge is -2.25. The Morgan fingerprint density at radius 1 is 1.41 bits per heavy atom. The number of hydrogen-bond donors (Lipinski definition) is 1. The molecule has 0 saturated heterocycles. The van der Waals surface area contributed by atoms with Crippen LogP contribution in [0, 0.1) is 0 Å². The first kappa shape index (κ1) is 13.5. The fourth-order valence-corrected chi connectivity index (χ4v) is 1.26. The molecule has 1 aromatic heterocycles.